The van der Waals surface area contributed by atoms with Crippen LogP contribution in [0, 0.1) is 13.8 Å². The van der Waals surface area contributed by atoms with E-state index in [0.717, 1.165) is 26.9 Å². The Labute approximate surface area is 181 Å². The SMILES string of the molecule is CCOC(=O)Cn1c(=NC(=O)c2ccc(C(C)(C)C)cc2)sc2cc(C)c(C)cc21. The summed E-state index contributed by atoms with van der Waals surface area (Å²) in [4.78, 5) is 29.9. The van der Waals surface area contributed by atoms with Gasteiger partial charge in [0.2, 0.25) is 0 Å². The van der Waals surface area contributed by atoms with E-state index in [1.165, 1.54) is 11.3 Å². The largest absolute Gasteiger partial charge is 0.465 e. The van der Waals surface area contributed by atoms with Crippen LogP contribution in [0.4, 0.5) is 0 Å². The standard InChI is InChI=1S/C24H28N2O3S/c1-7-29-21(27)14-26-19-12-15(2)16(3)13-20(19)30-23(26)25-22(28)17-8-10-18(11-9-17)24(4,5)6/h8-13H,7,14H2,1-6H3. The smallest absolute Gasteiger partial charge is 0.326 e. The quantitative estimate of drug-likeness (QED) is 0.559. The van der Waals surface area contributed by atoms with Gasteiger partial charge in [-0.3, -0.25) is 9.59 Å². The van der Waals surface area contributed by atoms with Crippen LogP contribution in [0.1, 0.15) is 54.7 Å². The fraction of sp³-hybridized carbons (Fsp3) is 0.375. The van der Waals surface area contributed by atoms with E-state index < -0.39 is 0 Å². The molecule has 2 aromatic carbocycles. The van der Waals surface area contributed by atoms with Gasteiger partial charge in [-0.25, -0.2) is 0 Å². The Kier molecular flexibility index (Phi) is 6.27. The first-order chi connectivity index (χ1) is 14.1. The average Bonchev–Trinajstić information content (AvgIpc) is 2.98. The van der Waals surface area contributed by atoms with Gasteiger partial charge in [0.1, 0.15) is 6.54 Å². The summed E-state index contributed by atoms with van der Waals surface area (Å²) < 4.78 is 7.88. The molecule has 3 rings (SSSR count). The molecule has 1 heterocycles. The summed E-state index contributed by atoms with van der Waals surface area (Å²) in [6.45, 7) is 12.6. The minimum atomic E-state index is -0.348. The highest BCUT2D eigenvalue weighted by Crippen LogP contribution is 2.23. The molecule has 30 heavy (non-hydrogen) atoms. The normalized spacial score (nSPS) is 12.4. The zero-order chi connectivity index (χ0) is 22.1. The van der Waals surface area contributed by atoms with E-state index in [-0.39, 0.29) is 23.8 Å². The number of esters is 1. The number of hydrogen-bond acceptors (Lipinski definition) is 4. The zero-order valence-corrected chi connectivity index (χ0v) is 19.2. The van der Waals surface area contributed by atoms with Crippen molar-refractivity contribution in [2.45, 2.75) is 53.5 Å². The second-order valence-corrected chi connectivity index (χ2v) is 9.43. The second-order valence-electron chi connectivity index (χ2n) is 8.42. The molecule has 0 unspecified atom stereocenters. The summed E-state index contributed by atoms with van der Waals surface area (Å²) in [5.41, 5.74) is 4.85. The number of thiazole rings is 1. The maximum atomic E-state index is 12.9. The Balaban J connectivity index is 2.07. The third-order valence-corrected chi connectivity index (χ3v) is 6.13. The van der Waals surface area contributed by atoms with Gasteiger partial charge in [0.25, 0.3) is 5.91 Å². The monoisotopic (exact) mass is 424 g/mol. The van der Waals surface area contributed by atoms with Crippen LogP contribution < -0.4 is 4.80 Å². The Morgan fingerprint density at radius 2 is 1.70 bits per heavy atom. The molecule has 0 aliphatic carbocycles. The fourth-order valence-electron chi connectivity index (χ4n) is 3.16. The fourth-order valence-corrected chi connectivity index (χ4v) is 4.27. The summed E-state index contributed by atoms with van der Waals surface area (Å²) in [5.74, 6) is -0.674. The highest BCUT2D eigenvalue weighted by Gasteiger charge is 2.16. The molecule has 6 heteroatoms. The van der Waals surface area contributed by atoms with E-state index in [1.807, 2.05) is 44.2 Å². The molecule has 0 N–H and O–H groups in total. The lowest BCUT2D eigenvalue weighted by Gasteiger charge is -2.18. The van der Waals surface area contributed by atoms with E-state index in [9.17, 15) is 9.59 Å². The molecule has 1 amide bonds. The van der Waals surface area contributed by atoms with Crippen LogP contribution in [0.25, 0.3) is 10.2 Å². The zero-order valence-electron chi connectivity index (χ0n) is 18.4. The first-order valence-electron chi connectivity index (χ1n) is 10.1. The number of hydrogen-bond donors (Lipinski definition) is 0. The maximum Gasteiger partial charge on any atom is 0.326 e. The van der Waals surface area contributed by atoms with Gasteiger partial charge in [0.15, 0.2) is 4.80 Å². The van der Waals surface area contributed by atoms with Crippen LogP contribution in [0.3, 0.4) is 0 Å². The number of carbonyl (C=O) groups is 2. The predicted octanol–water partition coefficient (Wildman–Crippen LogP) is 4.92. The summed E-state index contributed by atoms with van der Waals surface area (Å²) >= 11 is 1.40. The topological polar surface area (TPSA) is 60.7 Å². The minimum absolute atomic E-state index is 0.0164. The first kappa shape index (κ1) is 22.0. The van der Waals surface area contributed by atoms with Crippen molar-refractivity contribution in [1.82, 2.24) is 4.57 Å². The molecule has 5 nitrogen and oxygen atoms in total. The minimum Gasteiger partial charge on any atom is -0.465 e. The molecular weight excluding hydrogens is 396 g/mol. The second kappa shape index (κ2) is 8.56. The molecule has 0 aliphatic heterocycles. The van der Waals surface area contributed by atoms with Crippen LogP contribution in [0.15, 0.2) is 41.4 Å². The van der Waals surface area contributed by atoms with Crippen LogP contribution in [0.2, 0.25) is 0 Å². The highest BCUT2D eigenvalue weighted by molar-refractivity contribution is 7.16. The third-order valence-electron chi connectivity index (χ3n) is 5.09. The molecule has 0 aliphatic rings. The maximum absolute atomic E-state index is 12.9. The molecular formula is C24H28N2O3S. The molecule has 0 saturated heterocycles. The summed E-state index contributed by atoms with van der Waals surface area (Å²) in [7, 11) is 0. The number of amides is 1. The van der Waals surface area contributed by atoms with Crippen LogP contribution in [-0.2, 0) is 21.5 Å². The van der Waals surface area contributed by atoms with Gasteiger partial charge in [0, 0.05) is 5.56 Å². The lowest BCUT2D eigenvalue weighted by atomic mass is 9.87. The number of nitrogens with zero attached hydrogens (tertiary/aromatic N) is 2. The van der Waals surface area contributed by atoms with Crippen molar-refractivity contribution in [3.8, 4) is 0 Å². The van der Waals surface area contributed by atoms with Gasteiger partial charge in [-0.05, 0) is 67.1 Å². The van der Waals surface area contributed by atoms with E-state index in [4.69, 9.17) is 4.74 Å². The number of fused-ring (bicyclic) bond motifs is 1. The number of aromatic nitrogens is 1. The Morgan fingerprint density at radius 1 is 1.07 bits per heavy atom. The van der Waals surface area contributed by atoms with Crippen molar-refractivity contribution in [2.24, 2.45) is 4.99 Å². The van der Waals surface area contributed by atoms with E-state index in [2.05, 4.69) is 31.8 Å². The van der Waals surface area contributed by atoms with E-state index >= 15 is 0 Å². The van der Waals surface area contributed by atoms with Crippen LogP contribution >= 0.6 is 11.3 Å². The summed E-state index contributed by atoms with van der Waals surface area (Å²) in [5, 5.41) is 0. The number of aryl methyl sites for hydroxylation is 2. The molecule has 0 fully saturated rings. The summed E-state index contributed by atoms with van der Waals surface area (Å²) in [6, 6.07) is 11.6. The number of rotatable bonds is 4. The summed E-state index contributed by atoms with van der Waals surface area (Å²) in [6.07, 6.45) is 0. The van der Waals surface area contributed by atoms with Crippen molar-refractivity contribution in [1.29, 1.82) is 0 Å². The van der Waals surface area contributed by atoms with Crippen LogP contribution in [0.5, 0.6) is 0 Å². The van der Waals surface area contributed by atoms with Crippen molar-refractivity contribution in [3.05, 3.63) is 63.5 Å². The van der Waals surface area contributed by atoms with E-state index in [1.54, 1.807) is 11.5 Å². The lowest BCUT2D eigenvalue weighted by molar-refractivity contribution is -0.143. The van der Waals surface area contributed by atoms with Gasteiger partial charge in [-0.2, -0.15) is 4.99 Å². The molecule has 0 bridgehead atoms. The van der Waals surface area contributed by atoms with Crippen molar-refractivity contribution in [3.63, 3.8) is 0 Å². The highest BCUT2D eigenvalue weighted by atomic mass is 32.1. The molecule has 0 atom stereocenters. The number of benzene rings is 2. The first-order valence-corrected chi connectivity index (χ1v) is 10.9. The van der Waals surface area contributed by atoms with Crippen LogP contribution in [-0.4, -0.2) is 23.1 Å². The average molecular weight is 425 g/mol. The van der Waals surface area contributed by atoms with Gasteiger partial charge in [-0.1, -0.05) is 44.2 Å². The lowest BCUT2D eigenvalue weighted by Crippen LogP contribution is -2.23. The van der Waals surface area contributed by atoms with Gasteiger partial charge in [0.05, 0.1) is 16.8 Å². The number of carbonyl (C=O) groups excluding carboxylic acids is 2. The van der Waals surface area contributed by atoms with Crippen molar-refractivity contribution < 1.29 is 14.3 Å². The molecule has 0 saturated carbocycles. The molecule has 0 radical (unpaired) electrons. The van der Waals surface area contributed by atoms with Crippen molar-refractivity contribution >= 4 is 33.4 Å². The molecule has 1 aromatic heterocycles. The van der Waals surface area contributed by atoms with Gasteiger partial charge < -0.3 is 9.30 Å². The van der Waals surface area contributed by atoms with Gasteiger partial charge >= 0.3 is 5.97 Å². The van der Waals surface area contributed by atoms with Crippen molar-refractivity contribution in [2.75, 3.05) is 6.61 Å². The Hall–Kier alpha value is -2.73. The third kappa shape index (κ3) is 4.70. The molecule has 3 aromatic rings. The molecule has 158 valence electrons. The predicted molar refractivity (Wildman–Crippen MR) is 121 cm³/mol. The molecule has 0 spiro atoms. The van der Waals surface area contributed by atoms with E-state index in [0.29, 0.717) is 17.0 Å². The number of ether oxygens (including phenoxy) is 1. The Morgan fingerprint density at radius 3 is 2.30 bits per heavy atom. The Bertz CT molecular complexity index is 1160. The van der Waals surface area contributed by atoms with Gasteiger partial charge in [-0.15, -0.1) is 0 Å².